The van der Waals surface area contributed by atoms with Gasteiger partial charge in [0.05, 0.1) is 7.05 Å². The lowest BCUT2D eigenvalue weighted by atomic mass is 9.75. The summed E-state index contributed by atoms with van der Waals surface area (Å²) in [6.07, 6.45) is 8.55. The van der Waals surface area contributed by atoms with Gasteiger partial charge in [-0.25, -0.2) is 0 Å². The van der Waals surface area contributed by atoms with Crippen molar-refractivity contribution in [3.63, 3.8) is 0 Å². The Balaban J connectivity index is 2.01. The zero-order valence-corrected chi connectivity index (χ0v) is 15.9. The molecule has 0 amide bonds. The van der Waals surface area contributed by atoms with Gasteiger partial charge in [-0.3, -0.25) is 0 Å². The van der Waals surface area contributed by atoms with E-state index in [4.69, 9.17) is 0 Å². The minimum absolute atomic E-state index is 0.0430. The predicted molar refractivity (Wildman–Crippen MR) is 112 cm³/mol. The van der Waals surface area contributed by atoms with Crippen LogP contribution in [0.4, 0.5) is 5.69 Å². The number of benzene rings is 2. The summed E-state index contributed by atoms with van der Waals surface area (Å²) in [5.41, 5.74) is 2.80. The van der Waals surface area contributed by atoms with E-state index in [1.165, 1.54) is 26.9 Å². The zero-order chi connectivity index (χ0) is 17.7. The first-order chi connectivity index (χ1) is 12.2. The van der Waals surface area contributed by atoms with Crippen LogP contribution in [0.2, 0.25) is 0 Å². The third-order valence-electron chi connectivity index (χ3n) is 4.90. The number of allylic oxidation sites excluding steroid dienone is 2. The molecule has 2 aromatic carbocycles. The van der Waals surface area contributed by atoms with Crippen LogP contribution in [0.25, 0.3) is 16.8 Å². The molecule has 128 valence electrons. The molecule has 2 heteroatoms. The molecule has 3 aromatic rings. The highest BCUT2D eigenvalue weighted by Crippen LogP contribution is 2.38. The lowest BCUT2D eigenvalue weighted by Gasteiger charge is -2.29. The minimum Gasteiger partial charge on any atom is -0.315 e. The maximum atomic E-state index is 4.01. The summed E-state index contributed by atoms with van der Waals surface area (Å²) < 4.78 is 0. The standard InChI is InChI=1S/C23H25NS/c1-4-15-23(2,16-7-10-19-11-8-17-25-19)21-14-13-18-9-5-6-12-20(18)22(21)24-3/h4-14,17,24H,1,15-16H2,2-3H3/p+1/b10-7+. The quantitative estimate of drug-likeness (QED) is 0.419. The van der Waals surface area contributed by atoms with Gasteiger partial charge in [0.15, 0.2) is 0 Å². The van der Waals surface area contributed by atoms with E-state index in [-0.39, 0.29) is 5.41 Å². The lowest BCUT2D eigenvalue weighted by Crippen LogP contribution is -2.73. The number of rotatable bonds is 7. The predicted octanol–water partition coefficient (Wildman–Crippen LogP) is 5.66. The molecule has 0 spiro atoms. The number of hydrogen-bond donors (Lipinski definition) is 1. The van der Waals surface area contributed by atoms with Crippen molar-refractivity contribution < 1.29 is 5.32 Å². The van der Waals surface area contributed by atoms with Crippen molar-refractivity contribution in [1.82, 2.24) is 0 Å². The number of nitrogens with two attached hydrogens (primary N) is 1. The van der Waals surface area contributed by atoms with Crippen LogP contribution in [0.15, 0.2) is 72.6 Å². The molecule has 0 bridgehead atoms. The normalized spacial score (nSPS) is 14.0. The van der Waals surface area contributed by atoms with Gasteiger partial charge in [0.25, 0.3) is 0 Å². The van der Waals surface area contributed by atoms with Crippen LogP contribution in [0, 0.1) is 0 Å². The first-order valence-corrected chi connectivity index (χ1v) is 9.68. The highest BCUT2D eigenvalue weighted by atomic mass is 32.1. The van der Waals surface area contributed by atoms with Gasteiger partial charge < -0.3 is 5.32 Å². The molecule has 1 aromatic heterocycles. The van der Waals surface area contributed by atoms with Gasteiger partial charge in [0.1, 0.15) is 5.69 Å². The van der Waals surface area contributed by atoms with Crippen LogP contribution in [0.3, 0.4) is 0 Å². The molecule has 0 saturated carbocycles. The molecule has 2 N–H and O–H groups in total. The second-order valence-electron chi connectivity index (χ2n) is 6.71. The van der Waals surface area contributed by atoms with Crippen molar-refractivity contribution in [3.8, 4) is 0 Å². The molecule has 0 aliphatic carbocycles. The van der Waals surface area contributed by atoms with Gasteiger partial charge in [0.2, 0.25) is 0 Å². The first kappa shape index (κ1) is 17.7. The van der Waals surface area contributed by atoms with Crippen molar-refractivity contribution in [3.05, 3.63) is 83.1 Å². The smallest absolute Gasteiger partial charge is 0.141 e. The Morgan fingerprint density at radius 3 is 2.64 bits per heavy atom. The fourth-order valence-corrected chi connectivity index (χ4v) is 4.22. The summed E-state index contributed by atoms with van der Waals surface area (Å²) in [6, 6.07) is 17.5. The number of thiophene rings is 1. The summed E-state index contributed by atoms with van der Waals surface area (Å²) in [6.45, 7) is 6.37. The molecule has 3 rings (SSSR count). The Labute approximate surface area is 154 Å². The summed E-state index contributed by atoms with van der Waals surface area (Å²) in [4.78, 5) is 1.31. The SMILES string of the molecule is C=CCC(C)(C/C=C/c1cccs1)c1ccc2ccccc2c1[NH2+]C. The van der Waals surface area contributed by atoms with Crippen molar-refractivity contribution >= 4 is 33.9 Å². The van der Waals surface area contributed by atoms with Crippen LogP contribution in [0.5, 0.6) is 0 Å². The van der Waals surface area contributed by atoms with Gasteiger partial charge in [0, 0.05) is 21.2 Å². The van der Waals surface area contributed by atoms with Crippen molar-refractivity contribution in [1.29, 1.82) is 0 Å². The maximum absolute atomic E-state index is 4.01. The van der Waals surface area contributed by atoms with Crippen LogP contribution in [0.1, 0.15) is 30.2 Å². The average Bonchev–Trinajstić information content (AvgIpc) is 3.14. The lowest BCUT2D eigenvalue weighted by molar-refractivity contribution is -0.538. The van der Waals surface area contributed by atoms with Crippen molar-refractivity contribution in [2.45, 2.75) is 25.2 Å². The average molecular weight is 349 g/mol. The Bertz CT molecular complexity index is 876. The van der Waals surface area contributed by atoms with Gasteiger partial charge in [-0.1, -0.05) is 55.5 Å². The molecule has 1 nitrogen and oxygen atoms in total. The molecule has 0 fully saturated rings. The number of hydrogen-bond acceptors (Lipinski definition) is 1. The molecular formula is C23H26NS+. The number of fused-ring (bicyclic) bond motifs is 1. The van der Waals surface area contributed by atoms with Crippen molar-refractivity contribution in [2.24, 2.45) is 0 Å². The fourth-order valence-electron chi connectivity index (χ4n) is 3.58. The largest absolute Gasteiger partial charge is 0.315 e. The van der Waals surface area contributed by atoms with E-state index >= 15 is 0 Å². The fraction of sp³-hybridized carbons (Fsp3) is 0.217. The van der Waals surface area contributed by atoms with E-state index in [0.29, 0.717) is 0 Å². The van der Waals surface area contributed by atoms with E-state index in [2.05, 4.69) is 91.9 Å². The zero-order valence-electron chi connectivity index (χ0n) is 15.0. The molecule has 0 aliphatic heterocycles. The monoisotopic (exact) mass is 348 g/mol. The molecule has 1 heterocycles. The third-order valence-corrected chi connectivity index (χ3v) is 5.74. The summed E-state index contributed by atoms with van der Waals surface area (Å²) in [7, 11) is 2.14. The second-order valence-corrected chi connectivity index (χ2v) is 7.69. The highest BCUT2D eigenvalue weighted by Gasteiger charge is 2.29. The van der Waals surface area contributed by atoms with E-state index in [1.54, 1.807) is 11.3 Å². The molecule has 0 saturated heterocycles. The molecule has 1 unspecified atom stereocenters. The van der Waals surface area contributed by atoms with Crippen LogP contribution in [-0.4, -0.2) is 7.05 Å². The van der Waals surface area contributed by atoms with Gasteiger partial charge in [-0.15, -0.1) is 17.9 Å². The summed E-state index contributed by atoms with van der Waals surface area (Å²) in [5, 5.41) is 7.01. The van der Waals surface area contributed by atoms with E-state index in [0.717, 1.165) is 12.8 Å². The Kier molecular flexibility index (Phi) is 5.52. The molecule has 0 aliphatic rings. The van der Waals surface area contributed by atoms with Gasteiger partial charge >= 0.3 is 0 Å². The summed E-state index contributed by atoms with van der Waals surface area (Å²) >= 11 is 1.78. The molecule has 1 atom stereocenters. The van der Waals surface area contributed by atoms with Crippen LogP contribution < -0.4 is 5.32 Å². The topological polar surface area (TPSA) is 16.6 Å². The third kappa shape index (κ3) is 3.76. The molecular weight excluding hydrogens is 322 g/mol. The van der Waals surface area contributed by atoms with Crippen LogP contribution in [-0.2, 0) is 5.41 Å². The maximum Gasteiger partial charge on any atom is 0.141 e. The Morgan fingerprint density at radius 2 is 1.92 bits per heavy atom. The van der Waals surface area contributed by atoms with E-state index in [9.17, 15) is 0 Å². The Hall–Kier alpha value is -2.16. The molecule has 25 heavy (non-hydrogen) atoms. The summed E-state index contributed by atoms with van der Waals surface area (Å²) in [5.74, 6) is 0. The van der Waals surface area contributed by atoms with Gasteiger partial charge in [-0.05, 0) is 41.8 Å². The molecule has 0 radical (unpaired) electrons. The minimum atomic E-state index is 0.0430. The van der Waals surface area contributed by atoms with E-state index in [1.807, 2.05) is 6.08 Å². The highest BCUT2D eigenvalue weighted by molar-refractivity contribution is 7.10. The second kappa shape index (κ2) is 7.81. The Morgan fingerprint density at radius 1 is 1.08 bits per heavy atom. The van der Waals surface area contributed by atoms with Crippen LogP contribution >= 0.6 is 11.3 Å². The first-order valence-electron chi connectivity index (χ1n) is 8.80. The number of quaternary nitrogens is 1. The van der Waals surface area contributed by atoms with Crippen molar-refractivity contribution in [2.75, 3.05) is 7.05 Å². The van der Waals surface area contributed by atoms with Gasteiger partial charge in [-0.2, -0.15) is 0 Å². The van der Waals surface area contributed by atoms with E-state index < -0.39 is 0 Å².